The molecule has 0 atom stereocenters. The number of rotatable bonds is 7. The second kappa shape index (κ2) is 6.33. The molecule has 0 fully saturated rings. The summed E-state index contributed by atoms with van der Waals surface area (Å²) in [5.41, 5.74) is -0.0747. The minimum absolute atomic E-state index is 0.0747. The average Bonchev–Trinajstić information content (AvgIpc) is 2.66. The van der Waals surface area contributed by atoms with Crippen LogP contribution in [-0.4, -0.2) is 24.5 Å². The molecule has 0 unspecified atom stereocenters. The van der Waals surface area contributed by atoms with E-state index in [-0.39, 0.29) is 12.0 Å². The Labute approximate surface area is 102 Å². The van der Waals surface area contributed by atoms with Gasteiger partial charge in [-0.25, -0.2) is 0 Å². The number of aliphatic hydroxyl groups excluding tert-OH is 1. The highest BCUT2D eigenvalue weighted by atomic mass is 32.2. The Balaban J connectivity index is 2.31. The molecule has 1 rings (SSSR count). The molecule has 0 aliphatic carbocycles. The van der Waals surface area contributed by atoms with Crippen LogP contribution in [0.5, 0.6) is 0 Å². The van der Waals surface area contributed by atoms with Crippen molar-refractivity contribution in [1.29, 1.82) is 0 Å². The van der Waals surface area contributed by atoms with E-state index >= 15 is 0 Å². The molecule has 0 saturated carbocycles. The summed E-state index contributed by atoms with van der Waals surface area (Å²) in [5, 5.41) is 12.4. The van der Waals surface area contributed by atoms with Gasteiger partial charge in [-0.3, -0.25) is 0 Å². The van der Waals surface area contributed by atoms with Gasteiger partial charge in [0.25, 0.3) is 0 Å². The molecular formula is C12H21NO2S. The summed E-state index contributed by atoms with van der Waals surface area (Å²) in [6.07, 6.45) is 2.06. The van der Waals surface area contributed by atoms with Gasteiger partial charge in [0.1, 0.15) is 11.5 Å². The standard InChI is InChI=1S/C12H21NO2S/c1-12(2,9-14)8-13-6-10-4-5-11(15-10)7-16-3/h4-5,13-14H,6-9H2,1-3H3. The quantitative estimate of drug-likeness (QED) is 0.771. The van der Waals surface area contributed by atoms with Gasteiger partial charge in [0.15, 0.2) is 0 Å². The Hall–Kier alpha value is -0.450. The monoisotopic (exact) mass is 243 g/mol. The summed E-state index contributed by atoms with van der Waals surface area (Å²) < 4.78 is 5.63. The van der Waals surface area contributed by atoms with Crippen LogP contribution in [0.1, 0.15) is 25.4 Å². The van der Waals surface area contributed by atoms with Crippen molar-refractivity contribution in [2.75, 3.05) is 19.4 Å². The summed E-state index contributed by atoms with van der Waals surface area (Å²) in [6.45, 7) is 5.75. The SMILES string of the molecule is CSCc1ccc(CNCC(C)(C)CO)o1. The summed E-state index contributed by atoms with van der Waals surface area (Å²) >= 11 is 1.75. The summed E-state index contributed by atoms with van der Waals surface area (Å²) in [6, 6.07) is 4.02. The lowest BCUT2D eigenvalue weighted by atomic mass is 9.95. The van der Waals surface area contributed by atoms with Crippen molar-refractivity contribution in [3.63, 3.8) is 0 Å². The Bertz CT molecular complexity index is 310. The fraction of sp³-hybridized carbons (Fsp3) is 0.667. The molecule has 1 aromatic rings. The maximum Gasteiger partial charge on any atom is 0.118 e. The number of hydrogen-bond acceptors (Lipinski definition) is 4. The smallest absolute Gasteiger partial charge is 0.118 e. The van der Waals surface area contributed by atoms with Crippen LogP contribution in [0, 0.1) is 5.41 Å². The van der Waals surface area contributed by atoms with Gasteiger partial charge in [-0.2, -0.15) is 11.8 Å². The lowest BCUT2D eigenvalue weighted by Gasteiger charge is -2.21. The van der Waals surface area contributed by atoms with Crippen molar-refractivity contribution in [2.45, 2.75) is 26.1 Å². The number of thioether (sulfide) groups is 1. The predicted molar refractivity (Wildman–Crippen MR) is 68.5 cm³/mol. The predicted octanol–water partition coefficient (Wildman–Crippen LogP) is 2.25. The van der Waals surface area contributed by atoms with Gasteiger partial charge in [-0.15, -0.1) is 0 Å². The molecule has 0 aliphatic rings. The number of nitrogens with one attached hydrogen (secondary N) is 1. The molecule has 0 radical (unpaired) electrons. The van der Waals surface area contributed by atoms with Gasteiger partial charge in [0.05, 0.1) is 12.3 Å². The number of aliphatic hydroxyl groups is 1. The molecule has 92 valence electrons. The normalized spacial score (nSPS) is 12.0. The van der Waals surface area contributed by atoms with Crippen LogP contribution >= 0.6 is 11.8 Å². The molecule has 0 spiro atoms. The molecule has 0 saturated heterocycles. The maximum absolute atomic E-state index is 9.10. The second-order valence-corrected chi connectivity index (χ2v) is 5.59. The molecule has 0 aromatic carbocycles. The first kappa shape index (κ1) is 13.6. The van der Waals surface area contributed by atoms with Crippen molar-refractivity contribution in [1.82, 2.24) is 5.32 Å². The van der Waals surface area contributed by atoms with E-state index in [1.54, 1.807) is 11.8 Å². The first-order valence-electron chi connectivity index (χ1n) is 5.45. The van der Waals surface area contributed by atoms with E-state index in [0.29, 0.717) is 0 Å². The van der Waals surface area contributed by atoms with E-state index in [2.05, 4.69) is 11.6 Å². The average molecular weight is 243 g/mol. The van der Waals surface area contributed by atoms with Gasteiger partial charge in [-0.1, -0.05) is 13.8 Å². The topological polar surface area (TPSA) is 45.4 Å². The van der Waals surface area contributed by atoms with E-state index in [1.165, 1.54) is 0 Å². The molecule has 3 nitrogen and oxygen atoms in total. The van der Waals surface area contributed by atoms with Crippen molar-refractivity contribution in [3.05, 3.63) is 23.7 Å². The summed E-state index contributed by atoms with van der Waals surface area (Å²) in [7, 11) is 0. The van der Waals surface area contributed by atoms with Crippen LogP contribution in [0.3, 0.4) is 0 Å². The van der Waals surface area contributed by atoms with E-state index < -0.39 is 0 Å². The fourth-order valence-corrected chi connectivity index (χ4v) is 1.76. The van der Waals surface area contributed by atoms with Gasteiger partial charge < -0.3 is 14.8 Å². The molecule has 16 heavy (non-hydrogen) atoms. The molecule has 0 amide bonds. The number of hydrogen-bond donors (Lipinski definition) is 2. The largest absolute Gasteiger partial charge is 0.464 e. The Kier molecular flexibility index (Phi) is 5.38. The van der Waals surface area contributed by atoms with E-state index in [4.69, 9.17) is 9.52 Å². The lowest BCUT2D eigenvalue weighted by Crippen LogP contribution is -2.31. The Morgan fingerprint density at radius 1 is 1.38 bits per heavy atom. The highest BCUT2D eigenvalue weighted by Gasteiger charge is 2.15. The van der Waals surface area contributed by atoms with Crippen molar-refractivity contribution in [3.8, 4) is 0 Å². The third-order valence-electron chi connectivity index (χ3n) is 2.33. The zero-order valence-electron chi connectivity index (χ0n) is 10.2. The summed E-state index contributed by atoms with van der Waals surface area (Å²) in [4.78, 5) is 0. The van der Waals surface area contributed by atoms with Gasteiger partial charge in [-0.05, 0) is 18.4 Å². The maximum atomic E-state index is 9.10. The van der Waals surface area contributed by atoms with Crippen LogP contribution < -0.4 is 5.32 Å². The van der Waals surface area contributed by atoms with Gasteiger partial charge in [0.2, 0.25) is 0 Å². The lowest BCUT2D eigenvalue weighted by molar-refractivity contribution is 0.156. The minimum atomic E-state index is -0.0747. The highest BCUT2D eigenvalue weighted by Crippen LogP contribution is 2.14. The molecule has 1 heterocycles. The fourth-order valence-electron chi connectivity index (χ4n) is 1.32. The van der Waals surface area contributed by atoms with Gasteiger partial charge in [0, 0.05) is 18.6 Å². The highest BCUT2D eigenvalue weighted by molar-refractivity contribution is 7.97. The molecule has 0 aliphatic heterocycles. The molecular weight excluding hydrogens is 222 g/mol. The number of furan rings is 1. The molecule has 4 heteroatoms. The van der Waals surface area contributed by atoms with Crippen molar-refractivity contribution < 1.29 is 9.52 Å². The van der Waals surface area contributed by atoms with E-state index in [9.17, 15) is 0 Å². The first-order chi connectivity index (χ1) is 7.57. The van der Waals surface area contributed by atoms with Crippen LogP contribution in [0.2, 0.25) is 0 Å². The van der Waals surface area contributed by atoms with Crippen LogP contribution in [-0.2, 0) is 12.3 Å². The molecule has 1 aromatic heterocycles. The van der Waals surface area contributed by atoms with Crippen LogP contribution in [0.15, 0.2) is 16.5 Å². The molecule has 2 N–H and O–H groups in total. The van der Waals surface area contributed by atoms with E-state index in [1.807, 2.05) is 26.0 Å². The third kappa shape index (κ3) is 4.60. The second-order valence-electron chi connectivity index (χ2n) is 4.73. The van der Waals surface area contributed by atoms with Crippen LogP contribution in [0.25, 0.3) is 0 Å². The Morgan fingerprint density at radius 2 is 2.06 bits per heavy atom. The van der Waals surface area contributed by atoms with Crippen molar-refractivity contribution >= 4 is 11.8 Å². The third-order valence-corrected chi connectivity index (χ3v) is 2.91. The van der Waals surface area contributed by atoms with E-state index in [0.717, 1.165) is 30.4 Å². The van der Waals surface area contributed by atoms with Gasteiger partial charge >= 0.3 is 0 Å². The zero-order chi connectivity index (χ0) is 12.0. The minimum Gasteiger partial charge on any atom is -0.464 e. The van der Waals surface area contributed by atoms with Crippen LogP contribution in [0.4, 0.5) is 0 Å². The Morgan fingerprint density at radius 3 is 2.69 bits per heavy atom. The summed E-state index contributed by atoms with van der Waals surface area (Å²) in [5.74, 6) is 2.89. The first-order valence-corrected chi connectivity index (χ1v) is 6.85. The zero-order valence-corrected chi connectivity index (χ0v) is 11.1. The van der Waals surface area contributed by atoms with Crippen molar-refractivity contribution in [2.24, 2.45) is 5.41 Å². The molecule has 0 bridgehead atoms.